The molecular weight excluding hydrogens is 416 g/mol. The molecule has 0 radical (unpaired) electrons. The third kappa shape index (κ3) is 4.65. The van der Waals surface area contributed by atoms with Crippen LogP contribution in [-0.4, -0.2) is 40.1 Å². The van der Waals surface area contributed by atoms with Gasteiger partial charge in [0.2, 0.25) is 10.0 Å². The molecule has 0 spiro atoms. The molecule has 1 aliphatic heterocycles. The minimum Gasteiger partial charge on any atom is -0.497 e. The van der Waals surface area contributed by atoms with Gasteiger partial charge >= 0.3 is 0 Å². The fourth-order valence-corrected chi connectivity index (χ4v) is 4.90. The van der Waals surface area contributed by atoms with E-state index in [9.17, 15) is 8.42 Å². The van der Waals surface area contributed by atoms with Crippen molar-refractivity contribution in [1.82, 2.24) is 9.62 Å². The van der Waals surface area contributed by atoms with Crippen LogP contribution < -0.4 is 9.46 Å². The van der Waals surface area contributed by atoms with Crippen LogP contribution >= 0.6 is 15.9 Å². The highest BCUT2D eigenvalue weighted by Crippen LogP contribution is 2.27. The number of hydrogen-bond acceptors (Lipinski definition) is 4. The molecule has 3 rings (SSSR count). The van der Waals surface area contributed by atoms with E-state index in [0.29, 0.717) is 6.54 Å². The molecule has 1 atom stereocenters. The number of hydrogen-bond donors (Lipinski definition) is 1. The summed E-state index contributed by atoms with van der Waals surface area (Å²) in [5.41, 5.74) is 1.06. The first kappa shape index (κ1) is 19.4. The maximum Gasteiger partial charge on any atom is 0.240 e. The zero-order valence-corrected chi connectivity index (χ0v) is 17.1. The van der Waals surface area contributed by atoms with Crippen molar-refractivity contribution < 1.29 is 13.2 Å². The molecule has 1 aliphatic rings. The summed E-state index contributed by atoms with van der Waals surface area (Å²) in [7, 11) is -1.93. The monoisotopic (exact) mass is 438 g/mol. The van der Waals surface area contributed by atoms with Crippen LogP contribution in [0.4, 0.5) is 0 Å². The lowest BCUT2D eigenvalue weighted by atomic mass is 10.1. The van der Waals surface area contributed by atoms with Crippen LogP contribution in [0.1, 0.15) is 24.4 Å². The molecule has 5 nitrogen and oxygen atoms in total. The second-order valence-corrected chi connectivity index (χ2v) is 9.03. The summed E-state index contributed by atoms with van der Waals surface area (Å²) in [4.78, 5) is 2.59. The number of nitrogens with one attached hydrogen (secondary N) is 1. The maximum absolute atomic E-state index is 12.7. The average molecular weight is 439 g/mol. The molecule has 0 aliphatic carbocycles. The molecule has 7 heteroatoms. The SMILES string of the molecule is COc1cccc(C(CNS(=O)(=O)c2cccc(Br)c2)N2CCCC2)c1. The van der Waals surface area contributed by atoms with Crippen LogP contribution in [0.5, 0.6) is 5.75 Å². The summed E-state index contributed by atoms with van der Waals surface area (Å²) in [6.07, 6.45) is 2.28. The molecular formula is C19H23BrN2O3S. The first-order valence-corrected chi connectivity index (χ1v) is 10.9. The van der Waals surface area contributed by atoms with E-state index in [2.05, 4.69) is 25.6 Å². The smallest absolute Gasteiger partial charge is 0.240 e. The van der Waals surface area contributed by atoms with Crippen molar-refractivity contribution in [2.75, 3.05) is 26.7 Å². The fourth-order valence-electron chi connectivity index (χ4n) is 3.27. The summed E-state index contributed by atoms with van der Waals surface area (Å²) >= 11 is 3.33. The van der Waals surface area contributed by atoms with E-state index in [0.717, 1.165) is 41.7 Å². The second kappa shape index (κ2) is 8.52. The van der Waals surface area contributed by atoms with Gasteiger partial charge in [0, 0.05) is 17.1 Å². The van der Waals surface area contributed by atoms with E-state index in [1.54, 1.807) is 25.3 Å². The van der Waals surface area contributed by atoms with Crippen LogP contribution in [0.2, 0.25) is 0 Å². The Kier molecular flexibility index (Phi) is 6.34. The molecule has 1 heterocycles. The summed E-state index contributed by atoms with van der Waals surface area (Å²) in [6.45, 7) is 2.27. The molecule has 1 saturated heterocycles. The number of methoxy groups -OCH3 is 1. The Bertz CT molecular complexity index is 851. The Morgan fingerprint density at radius 1 is 1.15 bits per heavy atom. The minimum absolute atomic E-state index is 0.0190. The number of nitrogens with zero attached hydrogens (tertiary/aromatic N) is 1. The molecule has 1 N–H and O–H groups in total. The minimum atomic E-state index is -3.57. The Morgan fingerprint density at radius 2 is 1.88 bits per heavy atom. The molecule has 0 amide bonds. The predicted octanol–water partition coefficient (Wildman–Crippen LogP) is 3.57. The Balaban J connectivity index is 1.81. The quantitative estimate of drug-likeness (QED) is 0.717. The number of halogens is 1. The van der Waals surface area contributed by atoms with E-state index in [1.807, 2.05) is 30.3 Å². The molecule has 0 bridgehead atoms. The van der Waals surface area contributed by atoms with Gasteiger partial charge in [0.05, 0.1) is 12.0 Å². The summed E-state index contributed by atoms with van der Waals surface area (Å²) < 4.78 is 34.2. The highest BCUT2D eigenvalue weighted by atomic mass is 79.9. The van der Waals surface area contributed by atoms with Gasteiger partial charge in [0.25, 0.3) is 0 Å². The van der Waals surface area contributed by atoms with Crippen LogP contribution in [0.3, 0.4) is 0 Å². The number of likely N-dealkylation sites (tertiary alicyclic amines) is 1. The van der Waals surface area contributed by atoms with Crippen LogP contribution in [-0.2, 0) is 10.0 Å². The zero-order chi connectivity index (χ0) is 18.6. The van der Waals surface area contributed by atoms with Crippen molar-refractivity contribution in [3.63, 3.8) is 0 Å². The first-order valence-electron chi connectivity index (χ1n) is 8.63. The van der Waals surface area contributed by atoms with E-state index in [-0.39, 0.29) is 10.9 Å². The highest BCUT2D eigenvalue weighted by molar-refractivity contribution is 9.10. The van der Waals surface area contributed by atoms with Gasteiger partial charge in [-0.1, -0.05) is 34.1 Å². The van der Waals surface area contributed by atoms with E-state index < -0.39 is 10.0 Å². The van der Waals surface area contributed by atoms with Gasteiger partial charge in [-0.2, -0.15) is 0 Å². The first-order chi connectivity index (χ1) is 12.5. The van der Waals surface area contributed by atoms with Gasteiger partial charge in [-0.25, -0.2) is 13.1 Å². The topological polar surface area (TPSA) is 58.6 Å². The molecule has 26 heavy (non-hydrogen) atoms. The zero-order valence-electron chi connectivity index (χ0n) is 14.7. The Morgan fingerprint density at radius 3 is 2.58 bits per heavy atom. The number of sulfonamides is 1. The lowest BCUT2D eigenvalue weighted by molar-refractivity contribution is 0.246. The molecule has 2 aromatic carbocycles. The maximum atomic E-state index is 12.7. The van der Waals surface area contributed by atoms with Gasteiger partial charge < -0.3 is 4.74 Å². The molecule has 2 aromatic rings. The number of benzene rings is 2. The number of rotatable bonds is 7. The standard InChI is InChI=1S/C19H23BrN2O3S/c1-25-17-8-4-6-15(12-17)19(22-10-2-3-11-22)14-21-26(23,24)18-9-5-7-16(20)13-18/h4-9,12-13,19,21H,2-3,10-11,14H2,1H3. The summed E-state index contributed by atoms with van der Waals surface area (Å²) in [5.74, 6) is 0.779. The lowest BCUT2D eigenvalue weighted by Crippen LogP contribution is -2.36. The van der Waals surface area contributed by atoms with Gasteiger partial charge in [0.15, 0.2) is 0 Å². The van der Waals surface area contributed by atoms with E-state index >= 15 is 0 Å². The van der Waals surface area contributed by atoms with Crippen molar-refractivity contribution in [3.05, 3.63) is 58.6 Å². The third-order valence-electron chi connectivity index (χ3n) is 4.63. The molecule has 1 fully saturated rings. The lowest BCUT2D eigenvalue weighted by Gasteiger charge is -2.28. The largest absolute Gasteiger partial charge is 0.497 e. The normalized spacial score (nSPS) is 16.5. The molecule has 0 aromatic heterocycles. The van der Waals surface area contributed by atoms with Crippen molar-refractivity contribution in [2.24, 2.45) is 0 Å². The summed E-state index contributed by atoms with van der Waals surface area (Å²) in [6, 6.07) is 14.6. The Labute approximate surface area is 163 Å². The average Bonchev–Trinajstić information content (AvgIpc) is 3.16. The van der Waals surface area contributed by atoms with Gasteiger partial charge in [-0.05, 0) is 61.8 Å². The number of ether oxygens (including phenoxy) is 1. The van der Waals surface area contributed by atoms with Gasteiger partial charge in [-0.3, -0.25) is 4.90 Å². The fraction of sp³-hybridized carbons (Fsp3) is 0.368. The summed E-state index contributed by atoms with van der Waals surface area (Å²) in [5, 5.41) is 0. The van der Waals surface area contributed by atoms with Crippen molar-refractivity contribution >= 4 is 26.0 Å². The van der Waals surface area contributed by atoms with Crippen LogP contribution in [0.25, 0.3) is 0 Å². The van der Waals surface area contributed by atoms with Crippen molar-refractivity contribution in [3.8, 4) is 5.75 Å². The van der Waals surface area contributed by atoms with Crippen LogP contribution in [0.15, 0.2) is 57.9 Å². The van der Waals surface area contributed by atoms with Crippen LogP contribution in [0, 0.1) is 0 Å². The van der Waals surface area contributed by atoms with E-state index in [4.69, 9.17) is 4.74 Å². The van der Waals surface area contributed by atoms with Gasteiger partial charge in [-0.15, -0.1) is 0 Å². The Hall–Kier alpha value is -1.41. The van der Waals surface area contributed by atoms with E-state index in [1.165, 1.54) is 0 Å². The highest BCUT2D eigenvalue weighted by Gasteiger charge is 2.26. The molecule has 0 saturated carbocycles. The third-order valence-corrected chi connectivity index (χ3v) is 6.55. The molecule has 1 unspecified atom stereocenters. The predicted molar refractivity (Wildman–Crippen MR) is 106 cm³/mol. The van der Waals surface area contributed by atoms with Crippen molar-refractivity contribution in [1.29, 1.82) is 0 Å². The van der Waals surface area contributed by atoms with Crippen molar-refractivity contribution in [2.45, 2.75) is 23.8 Å². The molecule has 140 valence electrons. The van der Waals surface area contributed by atoms with Gasteiger partial charge in [0.1, 0.15) is 5.75 Å². The second-order valence-electron chi connectivity index (χ2n) is 6.34.